The predicted molar refractivity (Wildman–Crippen MR) is 66.0 cm³/mol. The van der Waals surface area contributed by atoms with Crippen LogP contribution in [0.5, 0.6) is 0 Å². The Balaban J connectivity index is 2.40. The third-order valence-electron chi connectivity index (χ3n) is 2.52. The maximum atomic E-state index is 3.95. The summed E-state index contributed by atoms with van der Waals surface area (Å²) < 4.78 is 2.85. The lowest BCUT2D eigenvalue weighted by Crippen LogP contribution is -2.20. The van der Waals surface area contributed by atoms with E-state index in [-0.39, 0.29) is 6.04 Å². The summed E-state index contributed by atoms with van der Waals surface area (Å²) in [6.45, 7) is 0. The molecule has 4 nitrogen and oxygen atoms in total. The Morgan fingerprint density at radius 1 is 1.44 bits per heavy atom. The molecule has 0 radical (unpaired) electrons. The van der Waals surface area contributed by atoms with Crippen molar-refractivity contribution in [3.05, 3.63) is 46.2 Å². The fraction of sp³-hybridized carbons (Fsp3) is 0.273. The van der Waals surface area contributed by atoms with E-state index in [1.807, 2.05) is 26.2 Å². The number of nitrogens with one attached hydrogen (secondary N) is 1. The lowest BCUT2D eigenvalue weighted by Gasteiger charge is -2.16. The van der Waals surface area contributed by atoms with Crippen molar-refractivity contribution < 1.29 is 0 Å². The molecule has 16 heavy (non-hydrogen) atoms. The minimum atomic E-state index is 0.109. The van der Waals surface area contributed by atoms with Crippen molar-refractivity contribution in [1.29, 1.82) is 0 Å². The highest BCUT2D eigenvalue weighted by Crippen LogP contribution is 2.23. The Morgan fingerprint density at radius 3 is 2.81 bits per heavy atom. The third kappa shape index (κ3) is 2.15. The van der Waals surface area contributed by atoms with E-state index in [9.17, 15) is 0 Å². The molecule has 1 unspecified atom stereocenters. The first-order valence-corrected chi connectivity index (χ1v) is 5.79. The number of hydrogen-bond donors (Lipinski definition) is 1. The van der Waals surface area contributed by atoms with Crippen molar-refractivity contribution in [2.24, 2.45) is 7.05 Å². The van der Waals surface area contributed by atoms with E-state index >= 15 is 0 Å². The van der Waals surface area contributed by atoms with Gasteiger partial charge in [-0.05, 0) is 24.7 Å². The van der Waals surface area contributed by atoms with E-state index in [4.69, 9.17) is 0 Å². The zero-order valence-corrected chi connectivity index (χ0v) is 10.8. The molecule has 0 amide bonds. The number of aryl methyl sites for hydroxylation is 1. The molecule has 84 valence electrons. The van der Waals surface area contributed by atoms with Crippen LogP contribution in [0.2, 0.25) is 0 Å². The summed E-state index contributed by atoms with van der Waals surface area (Å²) in [4.78, 5) is 0. The van der Waals surface area contributed by atoms with Gasteiger partial charge in [-0.15, -0.1) is 5.10 Å². The molecule has 0 saturated carbocycles. The van der Waals surface area contributed by atoms with Gasteiger partial charge in [0.1, 0.15) is 0 Å². The first-order chi connectivity index (χ1) is 7.72. The van der Waals surface area contributed by atoms with Crippen LogP contribution >= 0.6 is 15.9 Å². The Kier molecular flexibility index (Phi) is 3.36. The summed E-state index contributed by atoms with van der Waals surface area (Å²) in [5, 5.41) is 11.1. The molecule has 0 aliphatic carbocycles. The van der Waals surface area contributed by atoms with E-state index in [2.05, 4.69) is 43.7 Å². The Bertz CT molecular complexity index is 480. The van der Waals surface area contributed by atoms with Crippen LogP contribution in [-0.2, 0) is 7.05 Å². The molecule has 0 fully saturated rings. The molecule has 0 bridgehead atoms. The quantitative estimate of drug-likeness (QED) is 0.934. The predicted octanol–water partition coefficient (Wildman–Crippen LogP) is 1.89. The normalized spacial score (nSPS) is 12.7. The van der Waals surface area contributed by atoms with Gasteiger partial charge in [-0.2, -0.15) is 0 Å². The lowest BCUT2D eigenvalue weighted by molar-refractivity contribution is 0.598. The first-order valence-electron chi connectivity index (χ1n) is 4.99. The van der Waals surface area contributed by atoms with E-state index in [1.54, 1.807) is 10.9 Å². The lowest BCUT2D eigenvalue weighted by atomic mass is 10.0. The Morgan fingerprint density at radius 2 is 2.25 bits per heavy atom. The van der Waals surface area contributed by atoms with Crippen LogP contribution in [0.4, 0.5) is 0 Å². The second kappa shape index (κ2) is 4.76. The molecule has 1 aromatic carbocycles. The monoisotopic (exact) mass is 280 g/mol. The maximum absolute atomic E-state index is 3.95. The Labute approximate surface area is 103 Å². The molecule has 2 aromatic rings. The van der Waals surface area contributed by atoms with Crippen LogP contribution in [0.1, 0.15) is 17.3 Å². The first kappa shape index (κ1) is 11.3. The maximum Gasteiger partial charge on any atom is 0.0798 e. The van der Waals surface area contributed by atoms with Gasteiger partial charge in [0.15, 0.2) is 0 Å². The number of rotatable bonds is 3. The third-order valence-corrected chi connectivity index (χ3v) is 3.01. The van der Waals surface area contributed by atoms with E-state index < -0.39 is 0 Å². The average Bonchev–Trinajstić information content (AvgIpc) is 2.67. The SMILES string of the molecule is CNC(c1cccc(Br)c1)c1cnnn1C. The smallest absolute Gasteiger partial charge is 0.0798 e. The molecule has 1 atom stereocenters. The highest BCUT2D eigenvalue weighted by Gasteiger charge is 2.15. The summed E-state index contributed by atoms with van der Waals surface area (Å²) in [7, 11) is 3.82. The zero-order valence-electron chi connectivity index (χ0n) is 9.18. The molecular weight excluding hydrogens is 268 g/mol. The van der Waals surface area contributed by atoms with Crippen LogP contribution in [0.15, 0.2) is 34.9 Å². The highest BCUT2D eigenvalue weighted by molar-refractivity contribution is 9.10. The summed E-state index contributed by atoms with van der Waals surface area (Å²) in [5.74, 6) is 0. The molecule has 0 aliphatic rings. The second-order valence-corrected chi connectivity index (χ2v) is 4.47. The zero-order chi connectivity index (χ0) is 11.5. The minimum absolute atomic E-state index is 0.109. The van der Waals surface area contributed by atoms with Gasteiger partial charge in [0.25, 0.3) is 0 Å². The van der Waals surface area contributed by atoms with Crippen LogP contribution in [0.3, 0.4) is 0 Å². The molecule has 5 heteroatoms. The van der Waals surface area contributed by atoms with Gasteiger partial charge in [-0.3, -0.25) is 4.68 Å². The van der Waals surface area contributed by atoms with Gasteiger partial charge >= 0.3 is 0 Å². The average molecular weight is 281 g/mol. The topological polar surface area (TPSA) is 42.7 Å². The Hall–Kier alpha value is -1.20. The van der Waals surface area contributed by atoms with Crippen LogP contribution < -0.4 is 5.32 Å². The standard InChI is InChI=1S/C11H13BrN4/c1-13-11(10-7-14-15-16(10)2)8-4-3-5-9(12)6-8/h3-7,11,13H,1-2H3. The van der Waals surface area contributed by atoms with Crippen molar-refractivity contribution in [2.45, 2.75) is 6.04 Å². The van der Waals surface area contributed by atoms with E-state index in [0.29, 0.717) is 0 Å². The van der Waals surface area contributed by atoms with Crippen molar-refractivity contribution in [2.75, 3.05) is 7.05 Å². The van der Waals surface area contributed by atoms with Crippen molar-refractivity contribution >= 4 is 15.9 Å². The van der Waals surface area contributed by atoms with Gasteiger partial charge in [-0.1, -0.05) is 33.3 Å². The number of hydrogen-bond acceptors (Lipinski definition) is 3. The molecule has 1 aromatic heterocycles. The molecule has 1 heterocycles. The van der Waals surface area contributed by atoms with Gasteiger partial charge in [0.05, 0.1) is 17.9 Å². The minimum Gasteiger partial charge on any atom is -0.308 e. The van der Waals surface area contributed by atoms with Crippen LogP contribution in [0.25, 0.3) is 0 Å². The summed E-state index contributed by atoms with van der Waals surface area (Å²) in [6, 6.07) is 8.32. The molecule has 0 aliphatic heterocycles. The van der Waals surface area contributed by atoms with Crippen molar-refractivity contribution in [3.8, 4) is 0 Å². The fourth-order valence-electron chi connectivity index (χ4n) is 1.73. The molecule has 1 N–H and O–H groups in total. The summed E-state index contributed by atoms with van der Waals surface area (Å²) in [5.41, 5.74) is 2.22. The molecule has 0 saturated heterocycles. The van der Waals surface area contributed by atoms with Gasteiger partial charge in [0.2, 0.25) is 0 Å². The van der Waals surface area contributed by atoms with E-state index in [1.165, 1.54) is 5.56 Å². The molecule has 2 rings (SSSR count). The number of nitrogens with zero attached hydrogens (tertiary/aromatic N) is 3. The van der Waals surface area contributed by atoms with Gasteiger partial charge in [0, 0.05) is 11.5 Å². The second-order valence-electron chi connectivity index (χ2n) is 3.56. The molecule has 0 spiro atoms. The number of halogens is 1. The van der Waals surface area contributed by atoms with Crippen LogP contribution in [0, 0.1) is 0 Å². The van der Waals surface area contributed by atoms with Crippen molar-refractivity contribution in [1.82, 2.24) is 20.3 Å². The van der Waals surface area contributed by atoms with Gasteiger partial charge < -0.3 is 5.32 Å². The largest absolute Gasteiger partial charge is 0.308 e. The number of benzene rings is 1. The van der Waals surface area contributed by atoms with E-state index in [0.717, 1.165) is 10.2 Å². The molecular formula is C11H13BrN4. The van der Waals surface area contributed by atoms with Crippen molar-refractivity contribution in [3.63, 3.8) is 0 Å². The summed E-state index contributed by atoms with van der Waals surface area (Å²) >= 11 is 3.48. The highest BCUT2D eigenvalue weighted by atomic mass is 79.9. The summed E-state index contributed by atoms with van der Waals surface area (Å²) in [6.07, 6.45) is 1.78. The van der Waals surface area contributed by atoms with Gasteiger partial charge in [-0.25, -0.2) is 0 Å². The number of aromatic nitrogens is 3. The van der Waals surface area contributed by atoms with Crippen LogP contribution in [-0.4, -0.2) is 22.0 Å². The fourth-order valence-corrected chi connectivity index (χ4v) is 2.15.